The molecular weight excluding hydrogens is 368 g/mol. The van der Waals surface area contributed by atoms with Crippen LogP contribution < -0.4 is 5.32 Å². The number of methoxy groups -OCH3 is 1. The molecule has 1 aromatic carbocycles. The molecule has 1 fully saturated rings. The third-order valence-electron chi connectivity index (χ3n) is 4.90. The fourth-order valence-electron chi connectivity index (χ4n) is 3.11. The number of hydrogen-bond acceptors (Lipinski definition) is 5. The zero-order valence-electron chi connectivity index (χ0n) is 16.3. The summed E-state index contributed by atoms with van der Waals surface area (Å²) in [6, 6.07) is 6.05. The van der Waals surface area contributed by atoms with Crippen molar-refractivity contribution in [3.05, 3.63) is 29.8 Å². The Balaban J connectivity index is 1.99. The molecule has 150 valence electrons. The first-order valence-corrected chi connectivity index (χ1v) is 10.6. The average molecular weight is 397 g/mol. The molecule has 1 amide bonds. The van der Waals surface area contributed by atoms with Crippen LogP contribution in [0, 0.1) is 18.8 Å². The zero-order chi connectivity index (χ0) is 20.2. The SMILES string of the molecule is COC(=O)C(NC(=O)C1CCN(S(=O)(=O)c2ccc(C)cc2)CC1)C(C)C. The smallest absolute Gasteiger partial charge is 0.328 e. The van der Waals surface area contributed by atoms with Gasteiger partial charge in [-0.3, -0.25) is 4.79 Å². The number of rotatable bonds is 6. The molecule has 0 radical (unpaired) electrons. The number of benzene rings is 1. The molecule has 0 bridgehead atoms. The summed E-state index contributed by atoms with van der Waals surface area (Å²) in [7, 11) is -2.26. The minimum absolute atomic E-state index is 0.0941. The van der Waals surface area contributed by atoms with Crippen molar-refractivity contribution in [3.8, 4) is 0 Å². The van der Waals surface area contributed by atoms with Gasteiger partial charge in [-0.1, -0.05) is 31.5 Å². The summed E-state index contributed by atoms with van der Waals surface area (Å²) in [6.45, 7) is 6.12. The highest BCUT2D eigenvalue weighted by Crippen LogP contribution is 2.24. The summed E-state index contributed by atoms with van der Waals surface area (Å²) < 4.78 is 31.6. The van der Waals surface area contributed by atoms with Gasteiger partial charge in [0.25, 0.3) is 0 Å². The molecule has 7 nitrogen and oxygen atoms in total. The van der Waals surface area contributed by atoms with Crippen LogP contribution in [-0.2, 0) is 24.3 Å². The van der Waals surface area contributed by atoms with Crippen molar-refractivity contribution in [1.29, 1.82) is 0 Å². The van der Waals surface area contributed by atoms with Gasteiger partial charge in [0.05, 0.1) is 12.0 Å². The Morgan fingerprint density at radius 2 is 1.70 bits per heavy atom. The minimum Gasteiger partial charge on any atom is -0.467 e. The molecule has 1 heterocycles. The first kappa shape index (κ1) is 21.4. The van der Waals surface area contributed by atoms with E-state index in [1.165, 1.54) is 11.4 Å². The summed E-state index contributed by atoms with van der Waals surface area (Å²) in [5.74, 6) is -1.12. The predicted molar refractivity (Wildman–Crippen MR) is 101 cm³/mol. The lowest BCUT2D eigenvalue weighted by Gasteiger charge is -2.31. The summed E-state index contributed by atoms with van der Waals surface area (Å²) in [5, 5.41) is 2.75. The lowest BCUT2D eigenvalue weighted by atomic mass is 9.95. The number of esters is 1. The van der Waals surface area contributed by atoms with Gasteiger partial charge < -0.3 is 10.1 Å². The third-order valence-corrected chi connectivity index (χ3v) is 6.82. The van der Waals surface area contributed by atoms with Crippen molar-refractivity contribution in [2.45, 2.75) is 44.6 Å². The Morgan fingerprint density at radius 1 is 1.15 bits per heavy atom. The number of sulfonamides is 1. The molecule has 1 aliphatic heterocycles. The van der Waals surface area contributed by atoms with Crippen LogP contribution in [0.15, 0.2) is 29.2 Å². The van der Waals surface area contributed by atoms with Gasteiger partial charge in [-0.25, -0.2) is 13.2 Å². The first-order chi connectivity index (χ1) is 12.7. The van der Waals surface area contributed by atoms with Gasteiger partial charge in [0.2, 0.25) is 15.9 Å². The second kappa shape index (κ2) is 8.84. The van der Waals surface area contributed by atoms with Crippen molar-refractivity contribution < 1.29 is 22.7 Å². The monoisotopic (exact) mass is 396 g/mol. The number of nitrogens with zero attached hydrogens (tertiary/aromatic N) is 1. The second-order valence-corrected chi connectivity index (χ2v) is 9.18. The Morgan fingerprint density at radius 3 is 2.19 bits per heavy atom. The van der Waals surface area contributed by atoms with Crippen LogP contribution in [0.5, 0.6) is 0 Å². The van der Waals surface area contributed by atoms with E-state index in [9.17, 15) is 18.0 Å². The molecule has 1 unspecified atom stereocenters. The lowest BCUT2D eigenvalue weighted by molar-refractivity contribution is -0.147. The summed E-state index contributed by atoms with van der Waals surface area (Å²) in [6.07, 6.45) is 0.839. The van der Waals surface area contributed by atoms with Crippen molar-refractivity contribution in [2.75, 3.05) is 20.2 Å². The molecule has 1 aromatic rings. The summed E-state index contributed by atoms with van der Waals surface area (Å²) >= 11 is 0. The van der Waals surface area contributed by atoms with Crippen LogP contribution in [0.4, 0.5) is 0 Å². The standard InChI is InChI=1S/C19H28N2O5S/c1-13(2)17(19(23)26-4)20-18(22)15-9-11-21(12-10-15)27(24,25)16-7-5-14(3)6-8-16/h5-8,13,15,17H,9-12H2,1-4H3,(H,20,22). The fourth-order valence-corrected chi connectivity index (χ4v) is 4.58. The van der Waals surface area contributed by atoms with Gasteiger partial charge in [-0.15, -0.1) is 0 Å². The van der Waals surface area contributed by atoms with Gasteiger partial charge in [0, 0.05) is 19.0 Å². The van der Waals surface area contributed by atoms with Gasteiger partial charge in [-0.05, 0) is 37.8 Å². The topological polar surface area (TPSA) is 92.8 Å². The van der Waals surface area contributed by atoms with Crippen molar-refractivity contribution >= 4 is 21.9 Å². The zero-order valence-corrected chi connectivity index (χ0v) is 17.1. The Kier molecular flexibility index (Phi) is 7.00. The van der Waals surface area contributed by atoms with E-state index in [0.717, 1.165) is 5.56 Å². The maximum absolute atomic E-state index is 12.7. The Hall–Kier alpha value is -1.93. The third kappa shape index (κ3) is 5.07. The van der Waals surface area contributed by atoms with Gasteiger partial charge in [-0.2, -0.15) is 4.31 Å². The highest BCUT2D eigenvalue weighted by atomic mass is 32.2. The van der Waals surface area contributed by atoms with E-state index < -0.39 is 22.0 Å². The normalized spacial score (nSPS) is 17.5. The van der Waals surface area contributed by atoms with Gasteiger partial charge >= 0.3 is 5.97 Å². The van der Waals surface area contributed by atoms with Crippen LogP contribution in [0.25, 0.3) is 0 Å². The molecule has 0 saturated carbocycles. The van der Waals surface area contributed by atoms with Crippen molar-refractivity contribution in [1.82, 2.24) is 9.62 Å². The molecule has 1 N–H and O–H groups in total. The van der Waals surface area contributed by atoms with Crippen LogP contribution in [0.2, 0.25) is 0 Å². The molecule has 0 spiro atoms. The number of ether oxygens (including phenoxy) is 1. The molecule has 8 heteroatoms. The number of aryl methyl sites for hydroxylation is 1. The van der Waals surface area contributed by atoms with Crippen LogP contribution >= 0.6 is 0 Å². The average Bonchev–Trinajstić information content (AvgIpc) is 2.65. The highest BCUT2D eigenvalue weighted by Gasteiger charge is 2.34. The van der Waals surface area contributed by atoms with E-state index in [2.05, 4.69) is 5.32 Å². The summed E-state index contributed by atoms with van der Waals surface area (Å²) in [5.41, 5.74) is 0.995. The number of carbonyl (C=O) groups is 2. The van der Waals surface area contributed by atoms with Crippen molar-refractivity contribution in [3.63, 3.8) is 0 Å². The number of nitrogens with one attached hydrogen (secondary N) is 1. The van der Waals surface area contributed by atoms with E-state index in [0.29, 0.717) is 12.8 Å². The minimum atomic E-state index is -3.55. The predicted octanol–water partition coefficient (Wildman–Crippen LogP) is 1.71. The molecule has 1 saturated heterocycles. The van der Waals surface area contributed by atoms with Crippen LogP contribution in [0.3, 0.4) is 0 Å². The molecular formula is C19H28N2O5S. The number of piperidine rings is 1. The highest BCUT2D eigenvalue weighted by molar-refractivity contribution is 7.89. The first-order valence-electron chi connectivity index (χ1n) is 9.12. The fraction of sp³-hybridized carbons (Fsp3) is 0.579. The maximum atomic E-state index is 12.7. The largest absolute Gasteiger partial charge is 0.467 e. The Bertz CT molecular complexity index is 766. The molecule has 1 atom stereocenters. The van der Waals surface area contributed by atoms with Crippen molar-refractivity contribution in [2.24, 2.45) is 11.8 Å². The van der Waals surface area contributed by atoms with Gasteiger partial charge in [0.1, 0.15) is 6.04 Å². The Labute approximate surface area is 161 Å². The molecule has 0 aromatic heterocycles. The maximum Gasteiger partial charge on any atom is 0.328 e. The molecule has 0 aliphatic carbocycles. The molecule has 2 rings (SSSR count). The van der Waals surface area contributed by atoms with E-state index >= 15 is 0 Å². The number of amides is 1. The lowest BCUT2D eigenvalue weighted by Crippen LogP contribution is -2.49. The molecule has 1 aliphatic rings. The quantitative estimate of drug-likeness (QED) is 0.739. The summed E-state index contributed by atoms with van der Waals surface area (Å²) in [4.78, 5) is 24.6. The number of hydrogen-bond donors (Lipinski definition) is 1. The second-order valence-electron chi connectivity index (χ2n) is 7.24. The van der Waals surface area contributed by atoms with Crippen LogP contribution in [0.1, 0.15) is 32.3 Å². The molecule has 27 heavy (non-hydrogen) atoms. The number of carbonyl (C=O) groups excluding carboxylic acids is 2. The van der Waals surface area contributed by atoms with Crippen LogP contribution in [-0.4, -0.2) is 50.8 Å². The van der Waals surface area contributed by atoms with E-state index in [-0.39, 0.29) is 35.7 Å². The van der Waals surface area contributed by atoms with Gasteiger partial charge in [0.15, 0.2) is 0 Å². The van der Waals surface area contributed by atoms with E-state index in [1.54, 1.807) is 24.3 Å². The van der Waals surface area contributed by atoms with E-state index in [1.807, 2.05) is 20.8 Å². The van der Waals surface area contributed by atoms with E-state index in [4.69, 9.17) is 4.74 Å².